The van der Waals surface area contributed by atoms with Crippen molar-refractivity contribution in [1.29, 1.82) is 0 Å². The summed E-state index contributed by atoms with van der Waals surface area (Å²) in [4.78, 5) is 11.5. The van der Waals surface area contributed by atoms with Gasteiger partial charge in [0.2, 0.25) is 10.0 Å². The van der Waals surface area contributed by atoms with E-state index < -0.39 is 16.0 Å². The first kappa shape index (κ1) is 20.6. The van der Waals surface area contributed by atoms with Crippen LogP contribution in [-0.4, -0.2) is 58.5 Å². The van der Waals surface area contributed by atoms with E-state index in [4.69, 9.17) is 9.47 Å². The van der Waals surface area contributed by atoms with Gasteiger partial charge in [-0.25, -0.2) is 17.9 Å². The number of benzene rings is 1. The predicted molar refractivity (Wildman–Crippen MR) is 97.2 cm³/mol. The molecular weight excluding hydrogens is 360 g/mol. The molecule has 8 nitrogen and oxygen atoms in total. The molecule has 1 aromatic rings. The molecule has 0 spiro atoms. The van der Waals surface area contributed by atoms with Gasteiger partial charge in [-0.1, -0.05) is 0 Å². The molecule has 0 bridgehead atoms. The molecule has 26 heavy (non-hydrogen) atoms. The summed E-state index contributed by atoms with van der Waals surface area (Å²) >= 11 is 0. The number of carboxylic acids is 1. The van der Waals surface area contributed by atoms with Crippen LogP contribution in [0.15, 0.2) is 23.1 Å². The van der Waals surface area contributed by atoms with Gasteiger partial charge < -0.3 is 19.9 Å². The monoisotopic (exact) mass is 386 g/mol. The SMILES string of the molecule is CCOCCCNS(=O)(=O)c1ccc(NC[C@H]2CCCO2)c(C(=O)O)c1. The van der Waals surface area contributed by atoms with Crippen LogP contribution in [0.4, 0.5) is 5.69 Å². The fourth-order valence-corrected chi connectivity index (χ4v) is 3.76. The third-order valence-electron chi connectivity index (χ3n) is 4.04. The van der Waals surface area contributed by atoms with Gasteiger partial charge in [-0.2, -0.15) is 0 Å². The molecule has 1 heterocycles. The fraction of sp³-hybridized carbons (Fsp3) is 0.588. The van der Waals surface area contributed by atoms with Crippen molar-refractivity contribution in [3.05, 3.63) is 23.8 Å². The minimum atomic E-state index is -3.77. The molecule has 0 unspecified atom stereocenters. The van der Waals surface area contributed by atoms with E-state index in [0.717, 1.165) is 12.8 Å². The van der Waals surface area contributed by atoms with Gasteiger partial charge in [-0.15, -0.1) is 0 Å². The van der Waals surface area contributed by atoms with Gasteiger partial charge in [0.15, 0.2) is 0 Å². The summed E-state index contributed by atoms with van der Waals surface area (Å²) in [6, 6.07) is 4.05. The molecule has 1 atom stereocenters. The number of rotatable bonds is 11. The largest absolute Gasteiger partial charge is 0.478 e. The number of hydrogen-bond acceptors (Lipinski definition) is 6. The first-order valence-corrected chi connectivity index (χ1v) is 10.2. The minimum Gasteiger partial charge on any atom is -0.478 e. The van der Waals surface area contributed by atoms with E-state index in [1.54, 1.807) is 0 Å². The van der Waals surface area contributed by atoms with Crippen molar-refractivity contribution in [3.8, 4) is 0 Å². The summed E-state index contributed by atoms with van der Waals surface area (Å²) in [5.41, 5.74) is 0.295. The van der Waals surface area contributed by atoms with Gasteiger partial charge in [0.1, 0.15) is 0 Å². The zero-order chi connectivity index (χ0) is 19.0. The normalized spacial score (nSPS) is 17.3. The molecule has 0 aromatic heterocycles. The molecule has 3 N–H and O–H groups in total. The zero-order valence-corrected chi connectivity index (χ0v) is 15.7. The molecule has 0 saturated carbocycles. The number of sulfonamides is 1. The molecule has 1 aliphatic heterocycles. The number of nitrogens with one attached hydrogen (secondary N) is 2. The van der Waals surface area contributed by atoms with Crippen molar-refractivity contribution in [2.75, 3.05) is 38.2 Å². The minimum absolute atomic E-state index is 0.0482. The van der Waals surface area contributed by atoms with Gasteiger partial charge in [0.25, 0.3) is 0 Å². The Balaban J connectivity index is 2.04. The van der Waals surface area contributed by atoms with E-state index in [-0.39, 0.29) is 23.1 Å². The lowest BCUT2D eigenvalue weighted by Gasteiger charge is -2.15. The van der Waals surface area contributed by atoms with E-state index >= 15 is 0 Å². The first-order chi connectivity index (χ1) is 12.4. The molecule has 1 aliphatic rings. The van der Waals surface area contributed by atoms with Gasteiger partial charge in [0.05, 0.1) is 16.6 Å². The van der Waals surface area contributed by atoms with E-state index in [9.17, 15) is 18.3 Å². The van der Waals surface area contributed by atoms with Crippen LogP contribution >= 0.6 is 0 Å². The molecular formula is C17H26N2O6S. The number of carboxylic acid groups (broad SMARTS) is 1. The molecule has 0 amide bonds. The zero-order valence-electron chi connectivity index (χ0n) is 14.9. The van der Waals surface area contributed by atoms with E-state index in [2.05, 4.69) is 10.0 Å². The average Bonchev–Trinajstić information content (AvgIpc) is 3.13. The van der Waals surface area contributed by atoms with Crippen LogP contribution in [0.1, 0.15) is 36.5 Å². The number of hydrogen-bond donors (Lipinski definition) is 3. The Morgan fingerprint density at radius 3 is 2.88 bits per heavy atom. The van der Waals surface area contributed by atoms with Crippen molar-refractivity contribution in [2.24, 2.45) is 0 Å². The Morgan fingerprint density at radius 2 is 2.23 bits per heavy atom. The fourth-order valence-electron chi connectivity index (χ4n) is 2.66. The third kappa shape index (κ3) is 5.94. The molecule has 9 heteroatoms. The summed E-state index contributed by atoms with van der Waals surface area (Å²) in [5.74, 6) is -1.19. The number of anilines is 1. The maximum atomic E-state index is 12.3. The van der Waals surface area contributed by atoms with Crippen molar-refractivity contribution in [2.45, 2.75) is 37.2 Å². The molecule has 2 rings (SSSR count). The second-order valence-corrected chi connectivity index (χ2v) is 7.74. The van der Waals surface area contributed by atoms with Crippen LogP contribution < -0.4 is 10.0 Å². The maximum Gasteiger partial charge on any atom is 0.337 e. The number of carbonyl (C=O) groups is 1. The highest BCUT2D eigenvalue weighted by Gasteiger charge is 2.20. The standard InChI is InChI=1S/C17H26N2O6S/c1-2-24-9-4-8-19-26(22,23)14-6-7-16(15(11-14)17(20)21)18-12-13-5-3-10-25-13/h6-7,11,13,18-19H,2-5,8-10,12H2,1H3,(H,20,21)/t13-/m1/s1. The summed E-state index contributed by atoms with van der Waals surface area (Å²) in [6.45, 7) is 4.34. The third-order valence-corrected chi connectivity index (χ3v) is 5.50. The van der Waals surface area contributed by atoms with Crippen molar-refractivity contribution < 1.29 is 27.8 Å². The smallest absolute Gasteiger partial charge is 0.337 e. The van der Waals surface area contributed by atoms with Crippen LogP contribution in [0, 0.1) is 0 Å². The van der Waals surface area contributed by atoms with Crippen LogP contribution in [0.5, 0.6) is 0 Å². The van der Waals surface area contributed by atoms with Crippen LogP contribution in [-0.2, 0) is 19.5 Å². The molecule has 146 valence electrons. The molecule has 0 radical (unpaired) electrons. The van der Waals surface area contributed by atoms with Crippen LogP contribution in [0.2, 0.25) is 0 Å². The summed E-state index contributed by atoms with van der Waals surface area (Å²) < 4.78 is 37.8. The second-order valence-electron chi connectivity index (χ2n) is 5.98. The second kappa shape index (κ2) is 9.86. The lowest BCUT2D eigenvalue weighted by atomic mass is 10.1. The van der Waals surface area contributed by atoms with Gasteiger partial charge in [0, 0.05) is 38.6 Å². The van der Waals surface area contributed by atoms with E-state index in [0.29, 0.717) is 38.5 Å². The quantitative estimate of drug-likeness (QED) is 0.496. The molecule has 0 aliphatic carbocycles. The highest BCUT2D eigenvalue weighted by atomic mass is 32.2. The predicted octanol–water partition coefficient (Wildman–Crippen LogP) is 1.68. The Morgan fingerprint density at radius 1 is 1.42 bits per heavy atom. The van der Waals surface area contributed by atoms with Gasteiger partial charge >= 0.3 is 5.97 Å². The average molecular weight is 386 g/mol. The lowest BCUT2D eigenvalue weighted by molar-refractivity contribution is 0.0697. The van der Waals surface area contributed by atoms with Crippen LogP contribution in [0.25, 0.3) is 0 Å². The van der Waals surface area contributed by atoms with Crippen molar-refractivity contribution >= 4 is 21.7 Å². The number of aromatic carboxylic acids is 1. The summed E-state index contributed by atoms with van der Waals surface area (Å²) in [7, 11) is -3.77. The summed E-state index contributed by atoms with van der Waals surface area (Å²) in [5, 5.41) is 12.5. The summed E-state index contributed by atoms with van der Waals surface area (Å²) in [6.07, 6.45) is 2.50. The van der Waals surface area contributed by atoms with Gasteiger partial charge in [-0.05, 0) is 44.4 Å². The van der Waals surface area contributed by atoms with Gasteiger partial charge in [-0.3, -0.25) is 0 Å². The Bertz CT molecular complexity index is 701. The molecule has 1 fully saturated rings. The topological polar surface area (TPSA) is 114 Å². The number of ether oxygens (including phenoxy) is 2. The Labute approximate surface area is 153 Å². The van der Waals surface area contributed by atoms with Crippen molar-refractivity contribution in [3.63, 3.8) is 0 Å². The lowest BCUT2D eigenvalue weighted by Crippen LogP contribution is -2.26. The molecule has 1 saturated heterocycles. The first-order valence-electron chi connectivity index (χ1n) is 8.74. The van der Waals surface area contributed by atoms with E-state index in [1.807, 2.05) is 6.92 Å². The Kier molecular flexibility index (Phi) is 7.83. The highest BCUT2D eigenvalue weighted by molar-refractivity contribution is 7.89. The van der Waals surface area contributed by atoms with E-state index in [1.165, 1.54) is 18.2 Å². The Hall–Kier alpha value is -1.68. The van der Waals surface area contributed by atoms with Crippen LogP contribution in [0.3, 0.4) is 0 Å². The van der Waals surface area contributed by atoms with Crippen molar-refractivity contribution in [1.82, 2.24) is 4.72 Å². The molecule has 1 aromatic carbocycles. The highest BCUT2D eigenvalue weighted by Crippen LogP contribution is 2.22. The maximum absolute atomic E-state index is 12.3.